The van der Waals surface area contributed by atoms with Crippen molar-refractivity contribution in [2.24, 2.45) is 0 Å². The quantitative estimate of drug-likeness (QED) is 0.821. The van der Waals surface area contributed by atoms with Crippen molar-refractivity contribution < 1.29 is 14.3 Å². The zero-order valence-electron chi connectivity index (χ0n) is 13.9. The van der Waals surface area contributed by atoms with Gasteiger partial charge in [0.25, 0.3) is 0 Å². The number of ether oxygens (including phenoxy) is 1. The first-order chi connectivity index (χ1) is 11.7. The van der Waals surface area contributed by atoms with Crippen LogP contribution in [0.2, 0.25) is 0 Å². The summed E-state index contributed by atoms with van der Waals surface area (Å²) < 4.78 is 7.07. The molecule has 2 aliphatic heterocycles. The van der Waals surface area contributed by atoms with Gasteiger partial charge in [0.2, 0.25) is 0 Å². The second-order valence-corrected chi connectivity index (χ2v) is 6.06. The molecule has 0 radical (unpaired) electrons. The summed E-state index contributed by atoms with van der Waals surface area (Å²) in [5.74, 6) is 0.519. The lowest BCUT2D eigenvalue weighted by Gasteiger charge is -2.31. The Morgan fingerprint density at radius 2 is 2.33 bits per heavy atom. The molecule has 132 valence electrons. The number of carbonyl (C=O) groups excluding carboxylic acids is 2. The number of hydrogen-bond donors (Lipinski definition) is 2. The van der Waals surface area contributed by atoms with Crippen LogP contribution < -0.4 is 10.6 Å². The summed E-state index contributed by atoms with van der Waals surface area (Å²) in [5.41, 5.74) is 0. The minimum absolute atomic E-state index is 0.0338. The largest absolute Gasteiger partial charge is 0.380 e. The highest BCUT2D eigenvalue weighted by atomic mass is 16.5. The summed E-state index contributed by atoms with van der Waals surface area (Å²) in [5, 5.41) is 9.93. The average Bonchev–Trinajstić information content (AvgIpc) is 3.21. The van der Waals surface area contributed by atoms with Gasteiger partial charge in [-0.05, 0) is 12.8 Å². The maximum atomic E-state index is 12.3. The van der Waals surface area contributed by atoms with Gasteiger partial charge in [-0.15, -0.1) is 0 Å². The molecule has 0 aromatic carbocycles. The van der Waals surface area contributed by atoms with Crippen LogP contribution >= 0.6 is 0 Å². The molecule has 0 aliphatic carbocycles. The Hall–Kier alpha value is -2.29. The molecule has 2 fully saturated rings. The standard InChI is InChI=1S/C15H24N6O3/c1-24-12-3-2-6-20(11-12)15(23)17-13-4-7-21(18-13)10-9-19-8-5-16-14(19)22/h4,7,12H,2-3,5-6,8-11H2,1H3,(H,16,22)(H,17,18,23). The first-order valence-corrected chi connectivity index (χ1v) is 8.30. The van der Waals surface area contributed by atoms with Crippen molar-refractivity contribution in [1.82, 2.24) is 24.9 Å². The van der Waals surface area contributed by atoms with Gasteiger partial charge in [-0.25, -0.2) is 9.59 Å². The normalized spacial score (nSPS) is 21.0. The van der Waals surface area contributed by atoms with Gasteiger partial charge < -0.3 is 19.9 Å². The smallest absolute Gasteiger partial charge is 0.323 e. The molecule has 9 heteroatoms. The van der Waals surface area contributed by atoms with Gasteiger partial charge in [-0.3, -0.25) is 10.00 Å². The number of likely N-dealkylation sites (tertiary alicyclic amines) is 1. The second kappa shape index (κ2) is 7.52. The molecule has 3 rings (SSSR count). The molecule has 2 N–H and O–H groups in total. The lowest BCUT2D eigenvalue weighted by molar-refractivity contribution is 0.0458. The van der Waals surface area contributed by atoms with Gasteiger partial charge >= 0.3 is 12.1 Å². The Morgan fingerprint density at radius 3 is 3.08 bits per heavy atom. The lowest BCUT2D eigenvalue weighted by atomic mass is 10.1. The van der Waals surface area contributed by atoms with E-state index in [-0.39, 0.29) is 18.2 Å². The van der Waals surface area contributed by atoms with E-state index in [0.717, 1.165) is 25.9 Å². The highest BCUT2D eigenvalue weighted by molar-refractivity contribution is 5.88. The molecule has 1 unspecified atom stereocenters. The van der Waals surface area contributed by atoms with E-state index in [9.17, 15) is 9.59 Å². The first-order valence-electron chi connectivity index (χ1n) is 8.30. The van der Waals surface area contributed by atoms with Crippen LogP contribution in [0.15, 0.2) is 12.3 Å². The Kier molecular flexibility index (Phi) is 5.19. The number of nitrogens with one attached hydrogen (secondary N) is 2. The van der Waals surface area contributed by atoms with E-state index in [1.807, 2.05) is 0 Å². The summed E-state index contributed by atoms with van der Waals surface area (Å²) in [7, 11) is 1.67. The first kappa shape index (κ1) is 16.6. The SMILES string of the molecule is COC1CCCN(C(=O)Nc2ccn(CCN3CCNC3=O)n2)C1. The summed E-state index contributed by atoms with van der Waals surface area (Å²) in [6.07, 6.45) is 3.84. The minimum Gasteiger partial charge on any atom is -0.380 e. The summed E-state index contributed by atoms with van der Waals surface area (Å²) in [6.45, 7) is 3.95. The van der Waals surface area contributed by atoms with Crippen LogP contribution in [0.3, 0.4) is 0 Å². The van der Waals surface area contributed by atoms with Gasteiger partial charge in [0.15, 0.2) is 5.82 Å². The molecule has 0 saturated carbocycles. The molecule has 2 saturated heterocycles. The molecule has 0 bridgehead atoms. The highest BCUT2D eigenvalue weighted by Crippen LogP contribution is 2.14. The van der Waals surface area contributed by atoms with Gasteiger partial charge in [-0.1, -0.05) is 0 Å². The number of urea groups is 2. The summed E-state index contributed by atoms with van der Waals surface area (Å²) in [4.78, 5) is 27.3. The van der Waals surface area contributed by atoms with Crippen LogP contribution in [-0.4, -0.2) is 77.6 Å². The van der Waals surface area contributed by atoms with Crippen LogP contribution in [0.25, 0.3) is 0 Å². The number of hydrogen-bond acceptors (Lipinski definition) is 4. The predicted octanol–water partition coefficient (Wildman–Crippen LogP) is 0.551. The zero-order chi connectivity index (χ0) is 16.9. The molecule has 1 aromatic rings. The van der Waals surface area contributed by atoms with Crippen LogP contribution in [0.4, 0.5) is 15.4 Å². The molecular formula is C15H24N6O3. The van der Waals surface area contributed by atoms with E-state index in [2.05, 4.69) is 15.7 Å². The van der Waals surface area contributed by atoms with Crippen molar-refractivity contribution in [1.29, 1.82) is 0 Å². The summed E-state index contributed by atoms with van der Waals surface area (Å²) in [6, 6.07) is 1.58. The van der Waals surface area contributed by atoms with Crippen molar-refractivity contribution in [3.05, 3.63) is 12.3 Å². The Labute approximate surface area is 140 Å². The van der Waals surface area contributed by atoms with Crippen LogP contribution in [0.1, 0.15) is 12.8 Å². The van der Waals surface area contributed by atoms with Crippen LogP contribution in [-0.2, 0) is 11.3 Å². The fourth-order valence-corrected chi connectivity index (χ4v) is 3.00. The van der Waals surface area contributed by atoms with Crippen molar-refractivity contribution in [2.75, 3.05) is 45.2 Å². The van der Waals surface area contributed by atoms with E-state index >= 15 is 0 Å². The van der Waals surface area contributed by atoms with E-state index in [0.29, 0.717) is 32.0 Å². The van der Waals surface area contributed by atoms with Crippen molar-refractivity contribution in [2.45, 2.75) is 25.5 Å². The number of methoxy groups -OCH3 is 1. The second-order valence-electron chi connectivity index (χ2n) is 6.06. The molecule has 9 nitrogen and oxygen atoms in total. The maximum absolute atomic E-state index is 12.3. The monoisotopic (exact) mass is 336 g/mol. The number of piperidine rings is 1. The zero-order valence-corrected chi connectivity index (χ0v) is 13.9. The Bertz CT molecular complexity index is 590. The number of amides is 4. The van der Waals surface area contributed by atoms with E-state index in [1.54, 1.807) is 33.9 Å². The van der Waals surface area contributed by atoms with Gasteiger partial charge in [-0.2, -0.15) is 5.10 Å². The third-order valence-electron chi connectivity index (χ3n) is 4.42. The Balaban J connectivity index is 1.48. The Morgan fingerprint density at radius 1 is 1.46 bits per heavy atom. The lowest BCUT2D eigenvalue weighted by Crippen LogP contribution is -2.44. The third kappa shape index (κ3) is 3.97. The highest BCUT2D eigenvalue weighted by Gasteiger charge is 2.24. The van der Waals surface area contributed by atoms with Gasteiger partial charge in [0, 0.05) is 52.1 Å². The van der Waals surface area contributed by atoms with Crippen molar-refractivity contribution in [3.8, 4) is 0 Å². The molecule has 1 aromatic heterocycles. The predicted molar refractivity (Wildman–Crippen MR) is 87.8 cm³/mol. The van der Waals surface area contributed by atoms with Crippen molar-refractivity contribution >= 4 is 17.9 Å². The van der Waals surface area contributed by atoms with Crippen LogP contribution in [0, 0.1) is 0 Å². The van der Waals surface area contributed by atoms with Gasteiger partial charge in [0.1, 0.15) is 0 Å². The molecular weight excluding hydrogens is 312 g/mol. The van der Waals surface area contributed by atoms with E-state index < -0.39 is 0 Å². The van der Waals surface area contributed by atoms with Crippen LogP contribution in [0.5, 0.6) is 0 Å². The topological polar surface area (TPSA) is 91.7 Å². The average molecular weight is 336 g/mol. The van der Waals surface area contributed by atoms with Gasteiger partial charge in [0.05, 0.1) is 12.6 Å². The third-order valence-corrected chi connectivity index (χ3v) is 4.42. The van der Waals surface area contributed by atoms with E-state index in [1.165, 1.54) is 0 Å². The molecule has 3 heterocycles. The maximum Gasteiger partial charge on any atom is 0.323 e. The summed E-state index contributed by atoms with van der Waals surface area (Å²) >= 11 is 0. The molecule has 24 heavy (non-hydrogen) atoms. The van der Waals surface area contributed by atoms with Crippen molar-refractivity contribution in [3.63, 3.8) is 0 Å². The molecule has 0 spiro atoms. The molecule has 1 atom stereocenters. The number of rotatable bonds is 5. The number of aromatic nitrogens is 2. The molecule has 4 amide bonds. The number of carbonyl (C=O) groups is 2. The molecule has 2 aliphatic rings. The fraction of sp³-hybridized carbons (Fsp3) is 0.667. The fourth-order valence-electron chi connectivity index (χ4n) is 3.00. The number of anilines is 1. The number of nitrogens with zero attached hydrogens (tertiary/aromatic N) is 4. The van der Waals surface area contributed by atoms with E-state index in [4.69, 9.17) is 4.74 Å². The minimum atomic E-state index is -0.152.